The molecule has 0 heterocycles. The second-order valence-corrected chi connectivity index (χ2v) is 19.6. The maximum absolute atomic E-state index is 6.79. The van der Waals surface area contributed by atoms with Crippen LogP contribution in [-0.4, -0.2) is 38.3 Å². The van der Waals surface area contributed by atoms with Gasteiger partial charge in [-0.25, -0.2) is 0 Å². The van der Waals surface area contributed by atoms with E-state index in [1.807, 2.05) is 6.07 Å². The van der Waals surface area contributed by atoms with Crippen molar-refractivity contribution >= 4 is 30.4 Å². The molecule has 1 atom stereocenters. The number of hydrogen-bond acceptors (Lipinski definition) is 4. The van der Waals surface area contributed by atoms with Crippen molar-refractivity contribution in [1.82, 2.24) is 0 Å². The molecule has 0 aliphatic rings. The highest BCUT2D eigenvalue weighted by molar-refractivity contribution is 6.94. The fourth-order valence-corrected chi connectivity index (χ4v) is 16.2. The molecule has 0 aliphatic carbocycles. The van der Waals surface area contributed by atoms with Crippen molar-refractivity contribution in [1.29, 1.82) is 0 Å². The SMILES string of the molecule is C[Si](C)(CCN)O[Si](C)(O[Si](C)(C)CCCN)c1ccccc1. The monoisotopic (exact) mass is 370 g/mol. The number of rotatable bonds is 10. The minimum Gasteiger partial charge on any atom is -0.433 e. The van der Waals surface area contributed by atoms with Crippen LogP contribution in [-0.2, 0) is 8.23 Å². The molecule has 1 rings (SSSR count). The molecule has 0 bridgehead atoms. The highest BCUT2D eigenvalue weighted by Gasteiger charge is 2.44. The van der Waals surface area contributed by atoms with E-state index in [2.05, 4.69) is 57.0 Å². The molecular weight excluding hydrogens is 336 g/mol. The molecule has 4 nitrogen and oxygen atoms in total. The van der Waals surface area contributed by atoms with E-state index in [0.29, 0.717) is 6.54 Å². The molecule has 0 aliphatic heterocycles. The van der Waals surface area contributed by atoms with Gasteiger partial charge >= 0.3 is 8.56 Å². The Kier molecular flexibility index (Phi) is 7.85. The van der Waals surface area contributed by atoms with E-state index in [9.17, 15) is 0 Å². The van der Waals surface area contributed by atoms with Gasteiger partial charge < -0.3 is 19.7 Å². The molecule has 0 aromatic heterocycles. The summed E-state index contributed by atoms with van der Waals surface area (Å²) in [5, 5.41) is 1.21. The number of benzene rings is 1. The zero-order valence-electron chi connectivity index (χ0n) is 15.4. The van der Waals surface area contributed by atoms with Crippen LogP contribution >= 0.6 is 0 Å². The van der Waals surface area contributed by atoms with Gasteiger partial charge in [0.15, 0.2) is 16.6 Å². The number of nitrogens with two attached hydrogens (primary N) is 2. The highest BCUT2D eigenvalue weighted by atomic mass is 28.5. The zero-order valence-corrected chi connectivity index (χ0v) is 18.4. The van der Waals surface area contributed by atoms with Gasteiger partial charge in [-0.3, -0.25) is 0 Å². The maximum Gasteiger partial charge on any atom is 0.348 e. The molecule has 0 fully saturated rings. The molecule has 0 radical (unpaired) electrons. The molecule has 132 valence electrons. The zero-order chi connectivity index (χ0) is 17.6. The third kappa shape index (κ3) is 7.00. The first-order valence-electron chi connectivity index (χ1n) is 8.50. The van der Waals surface area contributed by atoms with Crippen molar-refractivity contribution in [3.05, 3.63) is 30.3 Å². The fourth-order valence-electron chi connectivity index (χ4n) is 2.91. The summed E-state index contributed by atoms with van der Waals surface area (Å²) in [5.74, 6) is 0. The second-order valence-electron chi connectivity index (χ2n) is 7.47. The van der Waals surface area contributed by atoms with Crippen molar-refractivity contribution < 1.29 is 8.23 Å². The standard InChI is InChI=1S/C16H34N2O2Si3/c1-21(2,14-9-12-17)19-23(5,16-10-7-6-8-11-16)20-22(3,4)15-13-18/h6-8,10-11H,9,12-15,17-18H2,1-5H3. The second kappa shape index (κ2) is 8.70. The van der Waals surface area contributed by atoms with E-state index < -0.39 is 25.2 Å². The molecule has 0 saturated heterocycles. The molecule has 1 unspecified atom stereocenters. The number of hydrogen-bond donors (Lipinski definition) is 2. The van der Waals surface area contributed by atoms with Crippen LogP contribution < -0.4 is 16.7 Å². The summed E-state index contributed by atoms with van der Waals surface area (Å²) in [5.41, 5.74) is 11.5. The summed E-state index contributed by atoms with van der Waals surface area (Å²) in [6.45, 7) is 12.6. The molecule has 7 heteroatoms. The first kappa shape index (κ1) is 20.8. The molecular formula is C16H34N2O2Si3. The van der Waals surface area contributed by atoms with Gasteiger partial charge in [0.25, 0.3) is 0 Å². The lowest BCUT2D eigenvalue weighted by atomic mass is 10.4. The van der Waals surface area contributed by atoms with Gasteiger partial charge in [0.05, 0.1) is 0 Å². The van der Waals surface area contributed by atoms with Crippen LogP contribution in [0.15, 0.2) is 30.3 Å². The Morgan fingerprint density at radius 1 is 0.783 bits per heavy atom. The Morgan fingerprint density at radius 3 is 1.78 bits per heavy atom. The van der Waals surface area contributed by atoms with E-state index in [1.165, 1.54) is 5.19 Å². The van der Waals surface area contributed by atoms with Crippen molar-refractivity contribution in [3.8, 4) is 0 Å². The van der Waals surface area contributed by atoms with Gasteiger partial charge in [0.1, 0.15) is 0 Å². The average molecular weight is 371 g/mol. The fraction of sp³-hybridized carbons (Fsp3) is 0.625. The minimum atomic E-state index is -2.46. The van der Waals surface area contributed by atoms with Crippen LogP contribution in [0.4, 0.5) is 0 Å². The van der Waals surface area contributed by atoms with Crippen LogP contribution in [0.5, 0.6) is 0 Å². The lowest BCUT2D eigenvalue weighted by molar-refractivity contribution is 0.397. The Morgan fingerprint density at radius 2 is 1.30 bits per heavy atom. The molecule has 1 aromatic rings. The molecule has 23 heavy (non-hydrogen) atoms. The molecule has 0 amide bonds. The Balaban J connectivity index is 3.06. The third-order valence-corrected chi connectivity index (χ3v) is 15.9. The predicted octanol–water partition coefficient (Wildman–Crippen LogP) is 2.72. The summed E-state index contributed by atoms with van der Waals surface area (Å²) in [7, 11) is -6.12. The van der Waals surface area contributed by atoms with Crippen molar-refractivity contribution in [2.75, 3.05) is 13.1 Å². The van der Waals surface area contributed by atoms with Gasteiger partial charge in [-0.1, -0.05) is 30.3 Å². The van der Waals surface area contributed by atoms with E-state index in [1.54, 1.807) is 0 Å². The van der Waals surface area contributed by atoms with Gasteiger partial charge in [-0.15, -0.1) is 0 Å². The van der Waals surface area contributed by atoms with Gasteiger partial charge in [-0.05, 0) is 69.5 Å². The normalized spacial score (nSPS) is 15.4. The van der Waals surface area contributed by atoms with Crippen LogP contribution in [0.1, 0.15) is 6.42 Å². The summed E-state index contributed by atoms with van der Waals surface area (Å²) in [6.07, 6.45) is 1.02. The topological polar surface area (TPSA) is 70.5 Å². The van der Waals surface area contributed by atoms with Crippen LogP contribution in [0.2, 0.25) is 44.8 Å². The predicted molar refractivity (Wildman–Crippen MR) is 107 cm³/mol. The van der Waals surface area contributed by atoms with Crippen molar-refractivity contribution in [2.24, 2.45) is 11.5 Å². The molecule has 4 N–H and O–H groups in total. The van der Waals surface area contributed by atoms with E-state index in [0.717, 1.165) is 25.1 Å². The van der Waals surface area contributed by atoms with E-state index in [4.69, 9.17) is 19.7 Å². The Hall–Kier alpha value is -0.289. The molecule has 0 spiro atoms. The van der Waals surface area contributed by atoms with Crippen LogP contribution in [0, 0.1) is 0 Å². The van der Waals surface area contributed by atoms with Gasteiger partial charge in [0.2, 0.25) is 0 Å². The van der Waals surface area contributed by atoms with Crippen molar-refractivity contribution in [2.45, 2.75) is 51.2 Å². The largest absolute Gasteiger partial charge is 0.433 e. The first-order valence-corrected chi connectivity index (χ1v) is 17.0. The van der Waals surface area contributed by atoms with E-state index in [-0.39, 0.29) is 0 Å². The summed E-state index contributed by atoms with van der Waals surface area (Å²) in [6, 6.07) is 12.5. The third-order valence-electron chi connectivity index (χ3n) is 3.97. The molecule has 0 saturated carbocycles. The maximum atomic E-state index is 6.79. The summed E-state index contributed by atoms with van der Waals surface area (Å²) < 4.78 is 13.5. The van der Waals surface area contributed by atoms with Gasteiger partial charge in [0, 0.05) is 0 Å². The quantitative estimate of drug-likeness (QED) is 0.621. The first-order chi connectivity index (χ1) is 10.6. The van der Waals surface area contributed by atoms with Crippen LogP contribution in [0.25, 0.3) is 0 Å². The van der Waals surface area contributed by atoms with Crippen LogP contribution in [0.3, 0.4) is 0 Å². The average Bonchev–Trinajstić information content (AvgIpc) is 2.44. The summed E-state index contributed by atoms with van der Waals surface area (Å²) >= 11 is 0. The van der Waals surface area contributed by atoms with E-state index >= 15 is 0 Å². The minimum absolute atomic E-state index is 0.673. The lowest BCUT2D eigenvalue weighted by Crippen LogP contribution is -2.61. The van der Waals surface area contributed by atoms with Gasteiger partial charge in [-0.2, -0.15) is 0 Å². The molecule has 1 aromatic carbocycles. The smallest absolute Gasteiger partial charge is 0.348 e. The van der Waals surface area contributed by atoms with Crippen molar-refractivity contribution in [3.63, 3.8) is 0 Å². The summed E-state index contributed by atoms with van der Waals surface area (Å²) in [4.78, 5) is 0. The highest BCUT2D eigenvalue weighted by Crippen LogP contribution is 2.25. The Labute approximate surface area is 145 Å². The lowest BCUT2D eigenvalue weighted by Gasteiger charge is -2.41. The Bertz CT molecular complexity index is 472.